The molecule has 2 N–H and O–H groups in total. The van der Waals surface area contributed by atoms with Crippen LogP contribution in [-0.2, 0) is 11.2 Å². The van der Waals surface area contributed by atoms with E-state index in [0.29, 0.717) is 6.54 Å². The van der Waals surface area contributed by atoms with E-state index in [-0.39, 0.29) is 24.2 Å². The Kier molecular flexibility index (Phi) is 8.06. The number of piperidine rings is 1. The summed E-state index contributed by atoms with van der Waals surface area (Å²) in [6, 6.07) is 5.84. The maximum Gasteiger partial charge on any atom is 0.224 e. The highest BCUT2D eigenvalue weighted by Crippen LogP contribution is 2.27. The molecule has 1 aromatic carbocycles. The number of nitrogens with one attached hydrogen (secondary N) is 2. The molecule has 0 spiro atoms. The molecule has 1 unspecified atom stereocenters. The average Bonchev–Trinajstić information content (AvgIpc) is 2.55. The van der Waals surface area contributed by atoms with Gasteiger partial charge in [0.2, 0.25) is 5.91 Å². The molecule has 0 bridgehead atoms. The first kappa shape index (κ1) is 18.6. The van der Waals surface area contributed by atoms with Gasteiger partial charge in [0.25, 0.3) is 0 Å². The van der Waals surface area contributed by atoms with Crippen LogP contribution in [0.3, 0.4) is 0 Å². The number of hydrogen-bond acceptors (Lipinski definition) is 4. The van der Waals surface area contributed by atoms with Gasteiger partial charge in [-0.2, -0.15) is 0 Å². The molecule has 1 aliphatic rings. The van der Waals surface area contributed by atoms with Gasteiger partial charge in [0.05, 0.1) is 20.1 Å². The van der Waals surface area contributed by atoms with Gasteiger partial charge < -0.3 is 20.1 Å². The number of rotatable bonds is 6. The molecule has 5 nitrogen and oxygen atoms in total. The predicted molar refractivity (Wildman–Crippen MR) is 89.1 cm³/mol. The second-order valence-corrected chi connectivity index (χ2v) is 5.27. The van der Waals surface area contributed by atoms with Gasteiger partial charge in [-0.1, -0.05) is 6.07 Å². The van der Waals surface area contributed by atoms with Crippen LogP contribution in [0.15, 0.2) is 18.2 Å². The molecule has 1 atom stereocenters. The van der Waals surface area contributed by atoms with Crippen LogP contribution in [0, 0.1) is 5.92 Å². The molecule has 1 aliphatic heterocycles. The smallest absolute Gasteiger partial charge is 0.224 e. The van der Waals surface area contributed by atoms with Crippen LogP contribution in [0.4, 0.5) is 0 Å². The third kappa shape index (κ3) is 5.07. The molecule has 1 fully saturated rings. The van der Waals surface area contributed by atoms with Gasteiger partial charge in [-0.3, -0.25) is 4.79 Å². The maximum atomic E-state index is 12.0. The van der Waals surface area contributed by atoms with Crippen molar-refractivity contribution < 1.29 is 14.3 Å². The number of methoxy groups -OCH3 is 2. The minimum Gasteiger partial charge on any atom is -0.493 e. The van der Waals surface area contributed by atoms with Crippen LogP contribution < -0.4 is 20.1 Å². The topological polar surface area (TPSA) is 59.6 Å². The molecule has 1 aromatic rings. The second-order valence-electron chi connectivity index (χ2n) is 5.27. The minimum absolute atomic E-state index is 0. The zero-order valence-corrected chi connectivity index (χ0v) is 14.0. The number of carbonyl (C=O) groups is 1. The Bertz CT molecular complexity index is 476. The molecule has 0 radical (unpaired) electrons. The Balaban J connectivity index is 0.00000242. The molecular formula is C16H25ClN2O3. The molecular weight excluding hydrogens is 304 g/mol. The summed E-state index contributed by atoms with van der Waals surface area (Å²) in [5.74, 6) is 1.71. The Morgan fingerprint density at radius 1 is 1.32 bits per heavy atom. The summed E-state index contributed by atoms with van der Waals surface area (Å²) in [4.78, 5) is 12.0. The zero-order valence-electron chi connectivity index (χ0n) is 13.2. The van der Waals surface area contributed by atoms with E-state index in [1.165, 1.54) is 0 Å². The molecule has 0 aromatic heterocycles. The molecule has 1 amide bonds. The van der Waals surface area contributed by atoms with Crippen LogP contribution in [0.5, 0.6) is 11.5 Å². The summed E-state index contributed by atoms with van der Waals surface area (Å²) >= 11 is 0. The van der Waals surface area contributed by atoms with Gasteiger partial charge >= 0.3 is 0 Å². The van der Waals surface area contributed by atoms with Gasteiger partial charge in [0.15, 0.2) is 11.5 Å². The fraction of sp³-hybridized carbons (Fsp3) is 0.562. The summed E-state index contributed by atoms with van der Waals surface area (Å²) in [7, 11) is 3.25. The first-order valence-corrected chi connectivity index (χ1v) is 7.44. The number of hydrogen-bond donors (Lipinski definition) is 2. The first-order valence-electron chi connectivity index (χ1n) is 7.44. The van der Waals surface area contributed by atoms with E-state index in [0.717, 1.165) is 49.4 Å². The van der Waals surface area contributed by atoms with Crippen molar-refractivity contribution in [3.63, 3.8) is 0 Å². The van der Waals surface area contributed by atoms with Crippen molar-refractivity contribution in [2.24, 2.45) is 5.92 Å². The van der Waals surface area contributed by atoms with Crippen LogP contribution in [0.25, 0.3) is 0 Å². The van der Waals surface area contributed by atoms with E-state index < -0.39 is 0 Å². The maximum absolute atomic E-state index is 12.0. The lowest BCUT2D eigenvalue weighted by Crippen LogP contribution is -2.41. The van der Waals surface area contributed by atoms with Crippen molar-refractivity contribution in [3.8, 4) is 11.5 Å². The number of ether oxygens (including phenoxy) is 2. The number of amides is 1. The van der Waals surface area contributed by atoms with E-state index in [1.54, 1.807) is 14.2 Å². The largest absolute Gasteiger partial charge is 0.493 e. The third-order valence-corrected chi connectivity index (χ3v) is 3.83. The third-order valence-electron chi connectivity index (χ3n) is 3.83. The van der Waals surface area contributed by atoms with Crippen molar-refractivity contribution in [3.05, 3.63) is 23.8 Å². The summed E-state index contributed by atoms with van der Waals surface area (Å²) in [6.45, 7) is 2.46. The van der Waals surface area contributed by atoms with Crippen molar-refractivity contribution in [1.29, 1.82) is 0 Å². The average molecular weight is 329 g/mol. The SMILES string of the molecule is COc1ccc(CCNC(=O)C2CCCNC2)cc1OC.Cl. The molecule has 1 saturated heterocycles. The van der Waals surface area contributed by atoms with E-state index in [4.69, 9.17) is 9.47 Å². The van der Waals surface area contributed by atoms with Gasteiger partial charge in [-0.15, -0.1) is 12.4 Å². The monoisotopic (exact) mass is 328 g/mol. The van der Waals surface area contributed by atoms with Crippen LogP contribution in [-0.4, -0.2) is 39.8 Å². The summed E-state index contributed by atoms with van der Waals surface area (Å²) in [5.41, 5.74) is 1.12. The van der Waals surface area contributed by atoms with Gasteiger partial charge in [-0.25, -0.2) is 0 Å². The zero-order chi connectivity index (χ0) is 15.1. The lowest BCUT2D eigenvalue weighted by molar-refractivity contribution is -0.125. The van der Waals surface area contributed by atoms with E-state index in [2.05, 4.69) is 10.6 Å². The number of benzene rings is 1. The standard InChI is InChI=1S/C16H24N2O3.ClH/c1-20-14-6-5-12(10-15(14)21-2)7-9-18-16(19)13-4-3-8-17-11-13;/h5-6,10,13,17H,3-4,7-9,11H2,1-2H3,(H,18,19);1H. The molecule has 124 valence electrons. The van der Waals surface area contributed by atoms with E-state index in [1.807, 2.05) is 18.2 Å². The van der Waals surface area contributed by atoms with Crippen molar-refractivity contribution in [2.45, 2.75) is 19.3 Å². The quantitative estimate of drug-likeness (QED) is 0.836. The lowest BCUT2D eigenvalue weighted by atomic mass is 9.99. The highest BCUT2D eigenvalue weighted by molar-refractivity contribution is 5.85. The Hall–Kier alpha value is -1.46. The van der Waals surface area contributed by atoms with E-state index in [9.17, 15) is 4.79 Å². The summed E-state index contributed by atoms with van der Waals surface area (Å²) in [6.07, 6.45) is 2.84. The molecule has 22 heavy (non-hydrogen) atoms. The fourth-order valence-electron chi connectivity index (χ4n) is 2.59. The normalized spacial score (nSPS) is 17.3. The predicted octanol–water partition coefficient (Wildman–Crippen LogP) is 1.78. The van der Waals surface area contributed by atoms with Gasteiger partial charge in [0, 0.05) is 13.1 Å². The summed E-state index contributed by atoms with van der Waals surface area (Å²) < 4.78 is 10.5. The van der Waals surface area contributed by atoms with Crippen LogP contribution >= 0.6 is 12.4 Å². The molecule has 6 heteroatoms. The van der Waals surface area contributed by atoms with E-state index >= 15 is 0 Å². The molecule has 2 rings (SSSR count). The fourth-order valence-corrected chi connectivity index (χ4v) is 2.59. The van der Waals surface area contributed by atoms with Crippen molar-refractivity contribution >= 4 is 18.3 Å². The Morgan fingerprint density at radius 3 is 2.73 bits per heavy atom. The molecule has 0 aliphatic carbocycles. The highest BCUT2D eigenvalue weighted by Gasteiger charge is 2.20. The minimum atomic E-state index is 0. The molecule has 0 saturated carbocycles. The van der Waals surface area contributed by atoms with Gasteiger partial charge in [-0.05, 0) is 43.5 Å². The molecule has 1 heterocycles. The number of carbonyl (C=O) groups excluding carboxylic acids is 1. The Morgan fingerprint density at radius 2 is 2.09 bits per heavy atom. The first-order chi connectivity index (χ1) is 10.2. The van der Waals surface area contributed by atoms with Crippen LogP contribution in [0.1, 0.15) is 18.4 Å². The Labute approximate surface area is 138 Å². The van der Waals surface area contributed by atoms with Gasteiger partial charge in [0.1, 0.15) is 0 Å². The van der Waals surface area contributed by atoms with Crippen molar-refractivity contribution in [2.75, 3.05) is 33.9 Å². The van der Waals surface area contributed by atoms with Crippen molar-refractivity contribution in [1.82, 2.24) is 10.6 Å². The summed E-state index contributed by atoms with van der Waals surface area (Å²) in [5, 5.41) is 6.28. The lowest BCUT2D eigenvalue weighted by Gasteiger charge is -2.21. The highest BCUT2D eigenvalue weighted by atomic mass is 35.5. The van der Waals surface area contributed by atoms with Crippen LogP contribution in [0.2, 0.25) is 0 Å². The number of halogens is 1. The second kappa shape index (κ2) is 9.54.